The lowest BCUT2D eigenvalue weighted by Gasteiger charge is -2.18. The van der Waals surface area contributed by atoms with Gasteiger partial charge in [-0.05, 0) is 23.8 Å². The van der Waals surface area contributed by atoms with Crippen molar-refractivity contribution in [2.45, 2.75) is 6.10 Å². The highest BCUT2D eigenvalue weighted by atomic mass is 19.1. The molecule has 116 valence electrons. The number of aliphatic hydroxyl groups is 1. The maximum Gasteiger partial charge on any atom is 0.279 e. The van der Waals surface area contributed by atoms with E-state index in [1.807, 2.05) is 37.4 Å². The normalized spacial score (nSPS) is 13.4. The summed E-state index contributed by atoms with van der Waals surface area (Å²) < 4.78 is 13.1. The number of carbonyl (C=O) groups is 1. The molecule has 0 bridgehead atoms. The Morgan fingerprint density at radius 2 is 1.95 bits per heavy atom. The Balaban J connectivity index is 1.83. The summed E-state index contributed by atoms with van der Waals surface area (Å²) in [6.45, 7) is 0.612. The van der Waals surface area contributed by atoms with Crippen LogP contribution in [0.4, 0.5) is 10.1 Å². The molecule has 2 aromatic carbocycles. The molecule has 0 radical (unpaired) electrons. The van der Waals surface area contributed by atoms with Gasteiger partial charge in [0.1, 0.15) is 18.5 Å². The first-order valence-corrected chi connectivity index (χ1v) is 7.14. The highest BCUT2D eigenvalue weighted by molar-refractivity contribution is 5.91. The second kappa shape index (κ2) is 7.68. The summed E-state index contributed by atoms with van der Waals surface area (Å²) in [7, 11) is 1.83. The van der Waals surface area contributed by atoms with Gasteiger partial charge in [-0.15, -0.1) is 0 Å². The highest BCUT2D eigenvalue weighted by Gasteiger charge is 2.16. The molecule has 0 heterocycles. The Hall–Kier alpha value is -2.24. The first-order chi connectivity index (χ1) is 10.5. The fraction of sp³-hybridized carbons (Fsp3) is 0.235. The molecular weight excluding hydrogens is 283 g/mol. The molecule has 0 saturated carbocycles. The molecule has 2 aromatic rings. The van der Waals surface area contributed by atoms with E-state index in [2.05, 4.69) is 5.32 Å². The maximum atomic E-state index is 13.1. The van der Waals surface area contributed by atoms with Gasteiger partial charge in [-0.2, -0.15) is 0 Å². The molecule has 0 fully saturated rings. The number of rotatable bonds is 6. The van der Waals surface area contributed by atoms with Crippen molar-refractivity contribution in [1.82, 2.24) is 0 Å². The van der Waals surface area contributed by atoms with E-state index in [1.54, 1.807) is 12.1 Å². The SMILES string of the molecule is C[NH+](CC(=O)Nc1cccc(F)c1)C[C@@H](O)c1ccccc1. The zero-order valence-corrected chi connectivity index (χ0v) is 12.4. The number of anilines is 1. The molecule has 0 saturated heterocycles. The Labute approximate surface area is 129 Å². The monoisotopic (exact) mass is 303 g/mol. The average Bonchev–Trinajstić information content (AvgIpc) is 2.47. The Morgan fingerprint density at radius 3 is 2.64 bits per heavy atom. The second-order valence-corrected chi connectivity index (χ2v) is 5.32. The molecule has 2 atom stereocenters. The Morgan fingerprint density at radius 1 is 1.23 bits per heavy atom. The number of benzene rings is 2. The summed E-state index contributed by atoms with van der Waals surface area (Å²) >= 11 is 0. The van der Waals surface area contributed by atoms with Crippen molar-refractivity contribution >= 4 is 11.6 Å². The van der Waals surface area contributed by atoms with E-state index in [1.165, 1.54) is 12.1 Å². The molecule has 2 rings (SSSR count). The summed E-state index contributed by atoms with van der Waals surface area (Å²) in [4.78, 5) is 12.8. The maximum absolute atomic E-state index is 13.1. The van der Waals surface area contributed by atoms with Crippen LogP contribution < -0.4 is 10.2 Å². The minimum atomic E-state index is -0.622. The van der Waals surface area contributed by atoms with Crippen molar-refractivity contribution in [1.29, 1.82) is 0 Å². The fourth-order valence-corrected chi connectivity index (χ4v) is 2.24. The van der Waals surface area contributed by atoms with Gasteiger partial charge in [0.15, 0.2) is 6.54 Å². The molecule has 0 spiro atoms. The number of halogens is 1. The van der Waals surface area contributed by atoms with Crippen LogP contribution in [-0.4, -0.2) is 31.2 Å². The summed E-state index contributed by atoms with van der Waals surface area (Å²) in [5.74, 6) is -0.610. The van der Waals surface area contributed by atoms with Crippen molar-refractivity contribution in [3.8, 4) is 0 Å². The van der Waals surface area contributed by atoms with Crippen LogP contribution in [0.2, 0.25) is 0 Å². The Kier molecular flexibility index (Phi) is 5.63. The summed E-state index contributed by atoms with van der Waals surface area (Å²) in [6, 6.07) is 15.1. The number of amides is 1. The van der Waals surface area contributed by atoms with Crippen LogP contribution in [0, 0.1) is 5.82 Å². The van der Waals surface area contributed by atoms with E-state index >= 15 is 0 Å². The Bertz CT molecular complexity index is 619. The minimum Gasteiger partial charge on any atom is -0.382 e. The third kappa shape index (κ3) is 4.95. The first kappa shape index (κ1) is 16.1. The second-order valence-electron chi connectivity index (χ2n) is 5.32. The summed E-state index contributed by atoms with van der Waals surface area (Å²) in [5.41, 5.74) is 1.26. The molecule has 1 amide bonds. The predicted molar refractivity (Wildman–Crippen MR) is 83.1 cm³/mol. The summed E-state index contributed by atoms with van der Waals surface area (Å²) in [6.07, 6.45) is -0.622. The van der Waals surface area contributed by atoms with E-state index in [-0.39, 0.29) is 12.5 Å². The van der Waals surface area contributed by atoms with Crippen molar-refractivity contribution in [2.75, 3.05) is 25.5 Å². The number of nitrogens with one attached hydrogen (secondary N) is 2. The van der Waals surface area contributed by atoms with E-state index < -0.39 is 11.9 Å². The van der Waals surface area contributed by atoms with Gasteiger partial charge in [0.05, 0.1) is 7.05 Å². The number of likely N-dealkylation sites (N-methyl/N-ethyl adjacent to an activating group) is 1. The van der Waals surface area contributed by atoms with Crippen LogP contribution in [0.5, 0.6) is 0 Å². The van der Waals surface area contributed by atoms with E-state index in [4.69, 9.17) is 0 Å². The zero-order chi connectivity index (χ0) is 15.9. The van der Waals surface area contributed by atoms with Gasteiger partial charge in [-0.3, -0.25) is 4.79 Å². The lowest BCUT2D eigenvalue weighted by molar-refractivity contribution is -0.875. The molecule has 0 aliphatic carbocycles. The van der Waals surface area contributed by atoms with Gasteiger partial charge < -0.3 is 15.3 Å². The quantitative estimate of drug-likeness (QED) is 0.746. The van der Waals surface area contributed by atoms with Crippen LogP contribution in [0.1, 0.15) is 11.7 Å². The van der Waals surface area contributed by atoms with Gasteiger partial charge in [-0.1, -0.05) is 36.4 Å². The molecule has 3 N–H and O–H groups in total. The van der Waals surface area contributed by atoms with Crippen molar-refractivity contribution in [3.63, 3.8) is 0 Å². The van der Waals surface area contributed by atoms with Crippen molar-refractivity contribution in [3.05, 3.63) is 66.0 Å². The zero-order valence-electron chi connectivity index (χ0n) is 12.4. The average molecular weight is 303 g/mol. The number of hydrogen-bond acceptors (Lipinski definition) is 2. The van der Waals surface area contributed by atoms with Gasteiger partial charge >= 0.3 is 0 Å². The van der Waals surface area contributed by atoms with Gasteiger partial charge in [0.2, 0.25) is 0 Å². The minimum absolute atomic E-state index is 0.195. The lowest BCUT2D eigenvalue weighted by atomic mass is 10.1. The lowest BCUT2D eigenvalue weighted by Crippen LogP contribution is -3.10. The number of carbonyl (C=O) groups excluding carboxylic acids is 1. The van der Waals surface area contributed by atoms with Crippen LogP contribution in [0.15, 0.2) is 54.6 Å². The molecule has 0 aromatic heterocycles. The fourth-order valence-electron chi connectivity index (χ4n) is 2.24. The first-order valence-electron chi connectivity index (χ1n) is 7.14. The van der Waals surface area contributed by atoms with Crippen LogP contribution in [-0.2, 0) is 4.79 Å². The smallest absolute Gasteiger partial charge is 0.279 e. The predicted octanol–water partition coefficient (Wildman–Crippen LogP) is 1.01. The molecule has 22 heavy (non-hydrogen) atoms. The molecule has 0 aliphatic heterocycles. The highest BCUT2D eigenvalue weighted by Crippen LogP contribution is 2.10. The number of hydrogen-bond donors (Lipinski definition) is 3. The topological polar surface area (TPSA) is 53.8 Å². The molecule has 0 aliphatic rings. The van der Waals surface area contributed by atoms with E-state index in [0.29, 0.717) is 12.2 Å². The van der Waals surface area contributed by atoms with Crippen molar-refractivity contribution in [2.24, 2.45) is 0 Å². The number of aliphatic hydroxyl groups excluding tert-OH is 1. The van der Waals surface area contributed by atoms with E-state index in [9.17, 15) is 14.3 Å². The van der Waals surface area contributed by atoms with Crippen LogP contribution >= 0.6 is 0 Å². The number of quaternary nitrogens is 1. The third-order valence-corrected chi connectivity index (χ3v) is 3.30. The van der Waals surface area contributed by atoms with E-state index in [0.717, 1.165) is 10.5 Å². The molecule has 1 unspecified atom stereocenters. The van der Waals surface area contributed by atoms with Crippen LogP contribution in [0.25, 0.3) is 0 Å². The van der Waals surface area contributed by atoms with Gasteiger partial charge in [0.25, 0.3) is 5.91 Å². The molecule has 4 nitrogen and oxygen atoms in total. The molecule has 5 heteroatoms. The largest absolute Gasteiger partial charge is 0.382 e. The van der Waals surface area contributed by atoms with Gasteiger partial charge in [0, 0.05) is 5.69 Å². The van der Waals surface area contributed by atoms with Gasteiger partial charge in [-0.25, -0.2) is 4.39 Å². The molecular formula is C17H20FN2O2+. The third-order valence-electron chi connectivity index (χ3n) is 3.30. The van der Waals surface area contributed by atoms with Crippen LogP contribution in [0.3, 0.4) is 0 Å². The standard InChI is InChI=1S/C17H19FN2O2/c1-20(11-16(21)13-6-3-2-4-7-13)12-17(22)19-15-9-5-8-14(18)10-15/h2-10,16,21H,11-12H2,1H3,(H,19,22)/p+1/t16-/m1/s1. The summed E-state index contributed by atoms with van der Waals surface area (Å²) in [5, 5.41) is 12.8. The van der Waals surface area contributed by atoms with Crippen molar-refractivity contribution < 1.29 is 19.2 Å².